The predicted molar refractivity (Wildman–Crippen MR) is 87.6 cm³/mol. The Bertz CT molecular complexity index is 716. The van der Waals surface area contributed by atoms with Gasteiger partial charge in [0.2, 0.25) is 0 Å². The van der Waals surface area contributed by atoms with Crippen molar-refractivity contribution in [1.29, 1.82) is 0 Å². The summed E-state index contributed by atoms with van der Waals surface area (Å²) in [7, 11) is 0. The number of carbonyl (C=O) groups is 1. The van der Waals surface area contributed by atoms with E-state index >= 15 is 0 Å². The van der Waals surface area contributed by atoms with Crippen LogP contribution in [0.2, 0.25) is 5.02 Å². The zero-order valence-corrected chi connectivity index (χ0v) is 13.5. The Morgan fingerprint density at radius 3 is 2.35 bits per heavy atom. The maximum Gasteiger partial charge on any atom is 0.318 e. The number of nitro benzene ring substituents is 1. The average molecular weight is 334 g/mol. The molecule has 0 radical (unpaired) electrons. The summed E-state index contributed by atoms with van der Waals surface area (Å²) in [5.74, 6) is -1.17. The lowest BCUT2D eigenvalue weighted by Gasteiger charge is -2.19. The highest BCUT2D eigenvalue weighted by atomic mass is 35.5. The lowest BCUT2D eigenvalue weighted by Crippen LogP contribution is -2.21. The van der Waals surface area contributed by atoms with Gasteiger partial charge < -0.3 is 4.74 Å². The molecule has 0 amide bonds. The lowest BCUT2D eigenvalue weighted by atomic mass is 9.91. The molecule has 0 heterocycles. The van der Waals surface area contributed by atoms with E-state index in [1.54, 1.807) is 26.0 Å². The molecule has 2 aromatic carbocycles. The van der Waals surface area contributed by atoms with Gasteiger partial charge in [0.1, 0.15) is 5.92 Å². The molecule has 0 saturated carbocycles. The first-order valence-electron chi connectivity index (χ1n) is 7.09. The van der Waals surface area contributed by atoms with E-state index in [1.807, 2.05) is 18.2 Å². The number of rotatable bonds is 5. The third kappa shape index (κ3) is 4.07. The molecule has 5 nitrogen and oxygen atoms in total. The molecule has 0 aliphatic heterocycles. The van der Waals surface area contributed by atoms with Crippen LogP contribution in [0.3, 0.4) is 0 Å². The SMILES string of the molecule is CC(C)OC(=O)[C@H](c1ccccc1)c1ccc([N+](=O)[O-])cc1Cl. The fourth-order valence-electron chi connectivity index (χ4n) is 2.25. The third-order valence-corrected chi connectivity index (χ3v) is 3.55. The number of non-ortho nitro benzene ring substituents is 1. The van der Waals surface area contributed by atoms with Gasteiger partial charge in [0.25, 0.3) is 5.69 Å². The molecule has 2 rings (SSSR count). The van der Waals surface area contributed by atoms with Crippen molar-refractivity contribution in [3.05, 3.63) is 74.8 Å². The molecule has 23 heavy (non-hydrogen) atoms. The van der Waals surface area contributed by atoms with Gasteiger partial charge in [-0.15, -0.1) is 0 Å². The van der Waals surface area contributed by atoms with Crippen molar-refractivity contribution in [2.75, 3.05) is 0 Å². The van der Waals surface area contributed by atoms with Gasteiger partial charge in [0.15, 0.2) is 0 Å². The topological polar surface area (TPSA) is 69.4 Å². The molecule has 0 unspecified atom stereocenters. The summed E-state index contributed by atoms with van der Waals surface area (Å²) in [6.45, 7) is 3.52. The van der Waals surface area contributed by atoms with Crippen LogP contribution in [0.1, 0.15) is 30.9 Å². The van der Waals surface area contributed by atoms with Crippen molar-refractivity contribution >= 4 is 23.3 Å². The van der Waals surface area contributed by atoms with Crippen molar-refractivity contribution in [2.24, 2.45) is 0 Å². The molecule has 120 valence electrons. The monoisotopic (exact) mass is 333 g/mol. The number of halogens is 1. The Morgan fingerprint density at radius 1 is 1.17 bits per heavy atom. The van der Waals surface area contributed by atoms with Crippen molar-refractivity contribution in [2.45, 2.75) is 25.9 Å². The van der Waals surface area contributed by atoms with Crippen molar-refractivity contribution < 1.29 is 14.5 Å². The third-order valence-electron chi connectivity index (χ3n) is 3.23. The minimum absolute atomic E-state index is 0.122. The summed E-state index contributed by atoms with van der Waals surface area (Å²) >= 11 is 6.19. The first-order valence-corrected chi connectivity index (χ1v) is 7.47. The van der Waals surface area contributed by atoms with Gasteiger partial charge in [-0.25, -0.2) is 0 Å². The molecular weight excluding hydrogens is 318 g/mol. The minimum atomic E-state index is -0.730. The van der Waals surface area contributed by atoms with Crippen LogP contribution in [-0.4, -0.2) is 17.0 Å². The van der Waals surface area contributed by atoms with Crippen LogP contribution < -0.4 is 0 Å². The van der Waals surface area contributed by atoms with Crippen LogP contribution in [-0.2, 0) is 9.53 Å². The van der Waals surface area contributed by atoms with Crippen LogP contribution in [0.5, 0.6) is 0 Å². The van der Waals surface area contributed by atoms with E-state index in [4.69, 9.17) is 16.3 Å². The van der Waals surface area contributed by atoms with Crippen LogP contribution in [0.25, 0.3) is 0 Å². The quantitative estimate of drug-likeness (QED) is 0.464. The maximum absolute atomic E-state index is 12.5. The molecule has 6 heteroatoms. The number of hydrogen-bond acceptors (Lipinski definition) is 4. The first kappa shape index (κ1) is 17.0. The van der Waals surface area contributed by atoms with Crippen LogP contribution >= 0.6 is 11.6 Å². The summed E-state index contributed by atoms with van der Waals surface area (Å²) in [5.41, 5.74) is 1.07. The highest BCUT2D eigenvalue weighted by molar-refractivity contribution is 6.32. The Morgan fingerprint density at radius 2 is 1.83 bits per heavy atom. The van der Waals surface area contributed by atoms with Gasteiger partial charge >= 0.3 is 5.97 Å². The molecule has 0 aliphatic carbocycles. The van der Waals surface area contributed by atoms with Crippen molar-refractivity contribution in [3.8, 4) is 0 Å². The van der Waals surface area contributed by atoms with Crippen LogP contribution in [0.4, 0.5) is 5.69 Å². The van der Waals surface area contributed by atoms with E-state index in [2.05, 4.69) is 0 Å². The zero-order chi connectivity index (χ0) is 17.0. The average Bonchev–Trinajstić information content (AvgIpc) is 2.49. The van der Waals surface area contributed by atoms with Crippen molar-refractivity contribution in [3.63, 3.8) is 0 Å². The molecule has 0 saturated heterocycles. The highest BCUT2D eigenvalue weighted by Crippen LogP contribution is 2.34. The van der Waals surface area contributed by atoms with E-state index < -0.39 is 16.8 Å². The maximum atomic E-state index is 12.5. The fourth-order valence-corrected chi connectivity index (χ4v) is 2.54. The summed E-state index contributed by atoms with van der Waals surface area (Å²) in [5, 5.41) is 11.0. The molecule has 0 aromatic heterocycles. The Hall–Kier alpha value is -2.40. The van der Waals surface area contributed by atoms with E-state index in [-0.39, 0.29) is 16.8 Å². The lowest BCUT2D eigenvalue weighted by molar-refractivity contribution is -0.384. The van der Waals surface area contributed by atoms with E-state index in [0.29, 0.717) is 11.1 Å². The number of nitrogens with zero attached hydrogens (tertiary/aromatic N) is 1. The van der Waals surface area contributed by atoms with Crippen molar-refractivity contribution in [1.82, 2.24) is 0 Å². The summed E-state index contributed by atoms with van der Waals surface area (Å²) in [4.78, 5) is 22.8. The summed E-state index contributed by atoms with van der Waals surface area (Å²) in [6.07, 6.45) is -0.273. The smallest absolute Gasteiger partial charge is 0.318 e. The molecule has 0 fully saturated rings. The van der Waals surface area contributed by atoms with E-state index in [1.165, 1.54) is 18.2 Å². The predicted octanol–water partition coefficient (Wildman–Crippen LogP) is 4.33. The summed E-state index contributed by atoms with van der Waals surface area (Å²) in [6, 6.07) is 13.1. The molecule has 1 atom stereocenters. The second kappa shape index (κ2) is 7.24. The first-order chi connectivity index (χ1) is 10.9. The molecule has 0 N–H and O–H groups in total. The number of benzene rings is 2. The minimum Gasteiger partial charge on any atom is -0.462 e. The van der Waals surface area contributed by atoms with Gasteiger partial charge in [-0.05, 0) is 31.0 Å². The number of nitro groups is 1. The Kier molecular flexibility index (Phi) is 5.34. The number of hydrogen-bond donors (Lipinski definition) is 0. The van der Waals surface area contributed by atoms with E-state index in [0.717, 1.165) is 0 Å². The number of carbonyl (C=O) groups excluding carboxylic acids is 1. The largest absolute Gasteiger partial charge is 0.462 e. The molecule has 0 aliphatic rings. The number of esters is 1. The summed E-state index contributed by atoms with van der Waals surface area (Å²) < 4.78 is 5.32. The fraction of sp³-hybridized carbons (Fsp3) is 0.235. The molecule has 2 aromatic rings. The molecular formula is C17H16ClNO4. The normalized spacial score (nSPS) is 12.0. The standard InChI is InChI=1S/C17H16ClNO4/c1-11(2)23-17(20)16(12-6-4-3-5-7-12)14-9-8-13(19(21)22)10-15(14)18/h3-11,16H,1-2H3/t16-/m1/s1. The van der Waals surface area contributed by atoms with Crippen LogP contribution in [0, 0.1) is 10.1 Å². The zero-order valence-electron chi connectivity index (χ0n) is 12.7. The highest BCUT2D eigenvalue weighted by Gasteiger charge is 2.28. The van der Waals surface area contributed by atoms with Gasteiger partial charge in [-0.2, -0.15) is 0 Å². The van der Waals surface area contributed by atoms with Gasteiger partial charge in [-0.3, -0.25) is 14.9 Å². The second-order valence-electron chi connectivity index (χ2n) is 5.29. The van der Waals surface area contributed by atoms with Crippen LogP contribution in [0.15, 0.2) is 48.5 Å². The Balaban J connectivity index is 2.50. The number of ether oxygens (including phenoxy) is 1. The molecule has 0 spiro atoms. The van der Waals surface area contributed by atoms with E-state index in [9.17, 15) is 14.9 Å². The van der Waals surface area contributed by atoms with Gasteiger partial charge in [0, 0.05) is 12.1 Å². The second-order valence-corrected chi connectivity index (χ2v) is 5.70. The molecule has 0 bridgehead atoms. The Labute approximate surface area is 139 Å². The van der Waals surface area contributed by atoms with Gasteiger partial charge in [0.05, 0.1) is 16.0 Å². The van der Waals surface area contributed by atoms with Gasteiger partial charge in [-0.1, -0.05) is 41.9 Å².